The van der Waals surface area contributed by atoms with Gasteiger partial charge in [-0.2, -0.15) is 0 Å². The molecule has 0 aromatic rings. The summed E-state index contributed by atoms with van der Waals surface area (Å²) in [5.74, 6) is 0. The summed E-state index contributed by atoms with van der Waals surface area (Å²) in [6.45, 7) is 0. The molecule has 0 aromatic carbocycles. The zero-order valence-corrected chi connectivity index (χ0v) is 22.0. The molecule has 0 spiro atoms. The first kappa shape index (κ1) is 32.7. The van der Waals surface area contributed by atoms with Crippen molar-refractivity contribution >= 4 is 0 Å². The monoisotopic (exact) mass is 465 g/mol. The van der Waals surface area contributed by atoms with Crippen molar-refractivity contribution in [2.24, 2.45) is 0 Å². The zero-order chi connectivity index (χ0) is 19.8. The van der Waals surface area contributed by atoms with E-state index in [4.69, 9.17) is 0 Å². The molecule has 184 valence electrons. The van der Waals surface area contributed by atoms with Crippen LogP contribution in [-0.4, -0.2) is 0 Å². The Morgan fingerprint density at radius 1 is 0.133 bits per heavy atom. The van der Waals surface area contributed by atoms with Gasteiger partial charge >= 0.3 is 0 Å². The summed E-state index contributed by atoms with van der Waals surface area (Å²) in [5, 5.41) is 0. The van der Waals surface area contributed by atoms with E-state index in [9.17, 15) is 0 Å². The Balaban J connectivity index is 0. The van der Waals surface area contributed by atoms with Gasteiger partial charge in [-0.3, -0.25) is 0 Å². The van der Waals surface area contributed by atoms with E-state index in [0.717, 1.165) is 0 Å². The number of hydrogen-bond acceptors (Lipinski definition) is 1. The largest absolute Gasteiger partial charge is 0.344 e. The molecule has 2 saturated carbocycles. The van der Waals surface area contributed by atoms with Crippen LogP contribution in [0.4, 0.5) is 0 Å². The van der Waals surface area contributed by atoms with Crippen LogP contribution in [0.25, 0.3) is 0 Å². The fourth-order valence-electron chi connectivity index (χ4n) is 4.95. The average Bonchev–Trinajstić information content (AvgIpc) is 2.72. The molecule has 0 unspecified atom stereocenters. The van der Waals surface area contributed by atoms with Gasteiger partial charge < -0.3 is 6.15 Å². The van der Waals surface area contributed by atoms with Crippen molar-refractivity contribution in [3.63, 3.8) is 0 Å². The standard InChI is InChI=1S/2C14H28.Fe.H3N/c2*1-2-4-6-8-10-12-14-13-11-9-7-5-3-1;;/h2*1-14H2;;1H3. The topological polar surface area (TPSA) is 35.0 Å². The first-order valence-electron chi connectivity index (χ1n) is 14.0. The molecule has 0 radical (unpaired) electrons. The van der Waals surface area contributed by atoms with Crippen LogP contribution in [0.2, 0.25) is 0 Å². The summed E-state index contributed by atoms with van der Waals surface area (Å²) in [4.78, 5) is 0. The third-order valence-corrected chi connectivity index (χ3v) is 7.00. The van der Waals surface area contributed by atoms with Gasteiger partial charge in [-0.1, -0.05) is 180 Å². The molecule has 0 bridgehead atoms. The van der Waals surface area contributed by atoms with E-state index in [-0.39, 0.29) is 23.2 Å². The minimum atomic E-state index is 0. The first-order chi connectivity index (χ1) is 14.0. The molecule has 0 atom stereocenters. The zero-order valence-electron chi connectivity index (χ0n) is 20.9. The van der Waals surface area contributed by atoms with E-state index < -0.39 is 0 Å². The summed E-state index contributed by atoms with van der Waals surface area (Å²) in [5.41, 5.74) is 0. The molecule has 0 aromatic heterocycles. The van der Waals surface area contributed by atoms with Crippen molar-refractivity contribution in [3.05, 3.63) is 0 Å². The maximum Gasteiger partial charge on any atom is 0 e. The van der Waals surface area contributed by atoms with E-state index in [1.807, 2.05) is 0 Å². The van der Waals surface area contributed by atoms with Gasteiger partial charge in [0.15, 0.2) is 0 Å². The Labute approximate surface area is 202 Å². The molecule has 0 aliphatic heterocycles. The van der Waals surface area contributed by atoms with Crippen LogP contribution in [0.5, 0.6) is 0 Å². The fraction of sp³-hybridized carbons (Fsp3) is 1.00. The van der Waals surface area contributed by atoms with E-state index in [2.05, 4.69) is 0 Å². The molecule has 0 saturated heterocycles. The molecule has 2 aliphatic carbocycles. The van der Waals surface area contributed by atoms with E-state index in [1.54, 1.807) is 0 Å². The van der Waals surface area contributed by atoms with Crippen molar-refractivity contribution in [2.45, 2.75) is 180 Å². The quantitative estimate of drug-likeness (QED) is 0.355. The van der Waals surface area contributed by atoms with Crippen molar-refractivity contribution in [1.82, 2.24) is 6.15 Å². The van der Waals surface area contributed by atoms with Gasteiger partial charge in [-0.15, -0.1) is 0 Å². The van der Waals surface area contributed by atoms with Crippen LogP contribution < -0.4 is 6.15 Å². The molecule has 2 heteroatoms. The van der Waals surface area contributed by atoms with E-state index in [0.29, 0.717) is 0 Å². The molecule has 2 aliphatic rings. The predicted molar refractivity (Wildman–Crippen MR) is 134 cm³/mol. The molecule has 2 rings (SSSR count). The predicted octanol–water partition coefficient (Wildman–Crippen LogP) is 11.1. The Morgan fingerprint density at radius 3 is 0.200 bits per heavy atom. The van der Waals surface area contributed by atoms with Gasteiger partial charge in [0.05, 0.1) is 0 Å². The summed E-state index contributed by atoms with van der Waals surface area (Å²) < 4.78 is 0. The second-order valence-corrected chi connectivity index (χ2v) is 9.90. The second-order valence-electron chi connectivity index (χ2n) is 9.90. The van der Waals surface area contributed by atoms with Gasteiger partial charge in [0.1, 0.15) is 0 Å². The van der Waals surface area contributed by atoms with Crippen LogP contribution in [0, 0.1) is 0 Å². The molecule has 0 heterocycles. The number of hydrogen-bond donors (Lipinski definition) is 1. The average molecular weight is 466 g/mol. The van der Waals surface area contributed by atoms with E-state index in [1.165, 1.54) is 180 Å². The molecule has 3 N–H and O–H groups in total. The molecule has 2 fully saturated rings. The van der Waals surface area contributed by atoms with Gasteiger partial charge in [-0.25, -0.2) is 0 Å². The Kier molecular flexibility index (Phi) is 32.1. The van der Waals surface area contributed by atoms with Crippen LogP contribution in [0.3, 0.4) is 0 Å². The van der Waals surface area contributed by atoms with Crippen LogP contribution >= 0.6 is 0 Å². The molecular weight excluding hydrogens is 406 g/mol. The van der Waals surface area contributed by atoms with E-state index >= 15 is 0 Å². The normalized spacial score (nSPS) is 22.4. The molecular formula is C28H59FeN. The van der Waals surface area contributed by atoms with Gasteiger partial charge in [0, 0.05) is 17.1 Å². The minimum absolute atomic E-state index is 0. The van der Waals surface area contributed by atoms with Gasteiger partial charge in [0.25, 0.3) is 0 Å². The maximum absolute atomic E-state index is 1.50. The third-order valence-electron chi connectivity index (χ3n) is 7.00. The van der Waals surface area contributed by atoms with Crippen molar-refractivity contribution in [2.75, 3.05) is 0 Å². The fourth-order valence-corrected chi connectivity index (χ4v) is 4.95. The SMILES string of the molecule is C1CCCCCCCCCCCCC1.C1CCCCCCCCCCCCC1.N.[Fe]. The first-order valence-corrected chi connectivity index (χ1v) is 14.0. The molecule has 1 nitrogen and oxygen atoms in total. The summed E-state index contributed by atoms with van der Waals surface area (Å²) in [6.07, 6.45) is 42.0. The smallest absolute Gasteiger partial charge is 0 e. The summed E-state index contributed by atoms with van der Waals surface area (Å²) in [7, 11) is 0. The summed E-state index contributed by atoms with van der Waals surface area (Å²) >= 11 is 0. The summed E-state index contributed by atoms with van der Waals surface area (Å²) in [6, 6.07) is 0. The maximum atomic E-state index is 1.50. The Morgan fingerprint density at radius 2 is 0.167 bits per heavy atom. The van der Waals surface area contributed by atoms with Crippen LogP contribution in [-0.2, 0) is 17.1 Å². The second kappa shape index (κ2) is 29.5. The molecule has 30 heavy (non-hydrogen) atoms. The Hall–Kier alpha value is 0.479. The van der Waals surface area contributed by atoms with Crippen LogP contribution in [0.15, 0.2) is 0 Å². The minimum Gasteiger partial charge on any atom is -0.344 e. The van der Waals surface area contributed by atoms with Gasteiger partial charge in [0.2, 0.25) is 0 Å². The Bertz CT molecular complexity index is 147. The third kappa shape index (κ3) is 26.5. The van der Waals surface area contributed by atoms with Crippen molar-refractivity contribution < 1.29 is 17.1 Å². The van der Waals surface area contributed by atoms with Gasteiger partial charge in [-0.05, 0) is 0 Å². The van der Waals surface area contributed by atoms with Crippen molar-refractivity contribution in [1.29, 1.82) is 0 Å². The number of rotatable bonds is 0. The van der Waals surface area contributed by atoms with Crippen molar-refractivity contribution in [3.8, 4) is 0 Å². The van der Waals surface area contributed by atoms with Crippen LogP contribution in [0.1, 0.15) is 180 Å². The molecule has 0 amide bonds.